The molecule has 3 rings (SSSR count). The number of carboxylic acid groups (broad SMARTS) is 1. The Hall–Kier alpha value is -4.21. The fourth-order valence-corrected chi connectivity index (χ4v) is 2.47. The average Bonchev–Trinajstić information content (AvgIpc) is 2.59. The summed E-state index contributed by atoms with van der Waals surface area (Å²) in [5, 5.41) is 47.3. The van der Waals surface area contributed by atoms with Gasteiger partial charge in [-0.25, -0.2) is 0 Å². The van der Waals surface area contributed by atoms with Gasteiger partial charge in [0.25, 0.3) is 0 Å². The maximum atomic E-state index is 12.4. The largest absolute Gasteiger partial charge is 0.507 e. The van der Waals surface area contributed by atoms with Gasteiger partial charge in [0, 0.05) is 17.7 Å². The number of esters is 1. The van der Waals surface area contributed by atoms with E-state index in [9.17, 15) is 34.8 Å². The summed E-state index contributed by atoms with van der Waals surface area (Å²) in [6, 6.07) is 5.35. The van der Waals surface area contributed by atoms with Crippen LogP contribution in [0.2, 0.25) is 0 Å². The molecule has 0 unspecified atom stereocenters. The number of phenols is 3. The highest BCUT2D eigenvalue weighted by atomic mass is 16.5. The lowest BCUT2D eigenvalue weighted by Gasteiger charge is -2.09. The van der Waals surface area contributed by atoms with Crippen molar-refractivity contribution < 1.29 is 44.3 Å². The standard InChI is InChI=1S/C18H12O10/c19-9-2-1-7(3-10(9)20)18-17(26)16(25)15-11(21)4-8(5-12(15)28-18)27-14(24)6-13(22)23/h1-5,19-21,26H,6H2,(H,22,23). The highest BCUT2D eigenvalue weighted by Crippen LogP contribution is 2.37. The Morgan fingerprint density at radius 2 is 1.68 bits per heavy atom. The molecular formula is C18H12O10. The Balaban J connectivity index is 2.16. The zero-order valence-corrected chi connectivity index (χ0v) is 13.9. The topological polar surface area (TPSA) is 175 Å². The van der Waals surface area contributed by atoms with Gasteiger partial charge in [0.05, 0.1) is 0 Å². The number of carboxylic acids is 1. The van der Waals surface area contributed by atoms with Gasteiger partial charge in [0.15, 0.2) is 17.3 Å². The van der Waals surface area contributed by atoms with Gasteiger partial charge in [-0.3, -0.25) is 14.4 Å². The lowest BCUT2D eigenvalue weighted by atomic mass is 10.1. The highest BCUT2D eigenvalue weighted by molar-refractivity contribution is 5.92. The van der Waals surface area contributed by atoms with Crippen LogP contribution in [0.15, 0.2) is 39.5 Å². The van der Waals surface area contributed by atoms with E-state index in [4.69, 9.17) is 14.3 Å². The molecule has 0 aliphatic heterocycles. The summed E-state index contributed by atoms with van der Waals surface area (Å²) in [5.41, 5.74) is -1.23. The van der Waals surface area contributed by atoms with Gasteiger partial charge in [-0.2, -0.15) is 0 Å². The minimum atomic E-state index is -1.42. The van der Waals surface area contributed by atoms with Crippen LogP contribution in [0, 0.1) is 0 Å². The molecule has 2 aromatic carbocycles. The van der Waals surface area contributed by atoms with Crippen LogP contribution >= 0.6 is 0 Å². The Labute approximate surface area is 155 Å². The first-order chi connectivity index (χ1) is 13.2. The molecule has 0 bridgehead atoms. The molecule has 1 aromatic heterocycles. The summed E-state index contributed by atoms with van der Waals surface area (Å²) in [5.74, 6) is -5.68. The zero-order valence-electron chi connectivity index (χ0n) is 13.9. The third-order valence-electron chi connectivity index (χ3n) is 3.69. The molecule has 10 heteroatoms. The lowest BCUT2D eigenvalue weighted by Crippen LogP contribution is -2.13. The molecule has 0 saturated heterocycles. The van der Waals surface area contributed by atoms with Crippen LogP contribution in [0.4, 0.5) is 0 Å². The summed E-state index contributed by atoms with van der Waals surface area (Å²) >= 11 is 0. The molecule has 3 aromatic rings. The number of carbonyl (C=O) groups excluding carboxylic acids is 1. The van der Waals surface area contributed by atoms with Crippen LogP contribution in [0.3, 0.4) is 0 Å². The third-order valence-corrected chi connectivity index (χ3v) is 3.69. The fraction of sp³-hybridized carbons (Fsp3) is 0.0556. The zero-order chi connectivity index (χ0) is 20.6. The van der Waals surface area contributed by atoms with E-state index in [-0.39, 0.29) is 22.7 Å². The summed E-state index contributed by atoms with van der Waals surface area (Å²) in [4.78, 5) is 34.4. The van der Waals surface area contributed by atoms with Gasteiger partial charge in [-0.15, -0.1) is 0 Å². The van der Waals surface area contributed by atoms with E-state index in [1.54, 1.807) is 0 Å². The maximum Gasteiger partial charge on any atom is 0.322 e. The molecule has 5 N–H and O–H groups in total. The number of aromatic hydroxyl groups is 4. The van der Waals surface area contributed by atoms with Gasteiger partial charge < -0.3 is 34.7 Å². The number of benzene rings is 2. The molecule has 0 radical (unpaired) electrons. The van der Waals surface area contributed by atoms with E-state index in [1.165, 1.54) is 6.07 Å². The van der Waals surface area contributed by atoms with Crippen molar-refractivity contribution in [2.45, 2.75) is 6.42 Å². The van der Waals surface area contributed by atoms with Crippen molar-refractivity contribution in [2.24, 2.45) is 0 Å². The van der Waals surface area contributed by atoms with Gasteiger partial charge in [0.1, 0.15) is 28.9 Å². The first-order valence-corrected chi connectivity index (χ1v) is 7.65. The monoisotopic (exact) mass is 388 g/mol. The molecule has 144 valence electrons. The van der Waals surface area contributed by atoms with E-state index in [0.29, 0.717) is 0 Å². The summed E-state index contributed by atoms with van der Waals surface area (Å²) in [6.07, 6.45) is -0.920. The Bertz CT molecular complexity index is 1180. The average molecular weight is 388 g/mol. The van der Waals surface area contributed by atoms with Crippen LogP contribution in [0.25, 0.3) is 22.3 Å². The van der Waals surface area contributed by atoms with Crippen LogP contribution in [0.5, 0.6) is 28.7 Å². The fourth-order valence-electron chi connectivity index (χ4n) is 2.47. The molecule has 0 aliphatic rings. The molecule has 0 spiro atoms. The molecule has 0 fully saturated rings. The van der Waals surface area contributed by atoms with E-state index in [1.807, 2.05) is 0 Å². The second-order valence-corrected chi connectivity index (χ2v) is 5.67. The Morgan fingerprint density at radius 3 is 2.32 bits per heavy atom. The van der Waals surface area contributed by atoms with E-state index >= 15 is 0 Å². The number of fused-ring (bicyclic) bond motifs is 1. The minimum Gasteiger partial charge on any atom is -0.507 e. The summed E-state index contributed by atoms with van der Waals surface area (Å²) in [7, 11) is 0. The first kappa shape index (κ1) is 18.6. The van der Waals surface area contributed by atoms with Crippen LogP contribution in [-0.4, -0.2) is 37.5 Å². The molecule has 0 aliphatic carbocycles. The van der Waals surface area contributed by atoms with Crippen molar-refractivity contribution >= 4 is 22.9 Å². The normalized spacial score (nSPS) is 10.7. The molecule has 0 saturated carbocycles. The number of hydrogen-bond donors (Lipinski definition) is 5. The van der Waals surface area contributed by atoms with Gasteiger partial charge in [-0.05, 0) is 18.2 Å². The Kier molecular flexibility index (Phi) is 4.53. The van der Waals surface area contributed by atoms with Gasteiger partial charge in [0.2, 0.25) is 11.2 Å². The van der Waals surface area contributed by atoms with Crippen LogP contribution in [-0.2, 0) is 9.59 Å². The van der Waals surface area contributed by atoms with Crippen LogP contribution in [0.1, 0.15) is 6.42 Å². The molecule has 28 heavy (non-hydrogen) atoms. The quantitative estimate of drug-likeness (QED) is 0.191. The number of aliphatic carboxylic acids is 1. The number of rotatable bonds is 4. The van der Waals surface area contributed by atoms with E-state index in [2.05, 4.69) is 0 Å². The second kappa shape index (κ2) is 6.83. The summed E-state index contributed by atoms with van der Waals surface area (Å²) < 4.78 is 10.2. The van der Waals surface area contributed by atoms with Gasteiger partial charge in [-0.1, -0.05) is 0 Å². The highest BCUT2D eigenvalue weighted by Gasteiger charge is 2.20. The van der Waals surface area contributed by atoms with Crippen molar-refractivity contribution in [3.8, 4) is 40.1 Å². The van der Waals surface area contributed by atoms with Crippen molar-refractivity contribution in [3.05, 3.63) is 40.6 Å². The smallest absolute Gasteiger partial charge is 0.322 e. The predicted molar refractivity (Wildman–Crippen MR) is 92.5 cm³/mol. The van der Waals surface area contributed by atoms with Crippen molar-refractivity contribution in [2.75, 3.05) is 0 Å². The number of carbonyl (C=O) groups is 2. The SMILES string of the molecule is O=C(O)CC(=O)Oc1cc(O)c2c(=O)c(O)c(-c3ccc(O)c(O)c3)oc2c1. The second-order valence-electron chi connectivity index (χ2n) is 5.67. The number of phenolic OH excluding ortho intramolecular Hbond substituents is 3. The third kappa shape index (κ3) is 3.38. The van der Waals surface area contributed by atoms with E-state index < -0.39 is 52.2 Å². The first-order valence-electron chi connectivity index (χ1n) is 7.65. The number of hydrogen-bond acceptors (Lipinski definition) is 9. The minimum absolute atomic E-state index is 0.0413. The number of ether oxygens (including phenoxy) is 1. The van der Waals surface area contributed by atoms with E-state index in [0.717, 1.165) is 24.3 Å². The van der Waals surface area contributed by atoms with Gasteiger partial charge >= 0.3 is 11.9 Å². The van der Waals surface area contributed by atoms with Crippen molar-refractivity contribution in [3.63, 3.8) is 0 Å². The molecule has 10 nitrogen and oxygen atoms in total. The maximum absolute atomic E-state index is 12.4. The Morgan fingerprint density at radius 1 is 0.964 bits per heavy atom. The summed E-state index contributed by atoms with van der Waals surface area (Å²) in [6.45, 7) is 0. The molecule has 1 heterocycles. The molecule has 0 amide bonds. The van der Waals surface area contributed by atoms with Crippen molar-refractivity contribution in [1.82, 2.24) is 0 Å². The van der Waals surface area contributed by atoms with Crippen molar-refractivity contribution in [1.29, 1.82) is 0 Å². The van der Waals surface area contributed by atoms with Crippen LogP contribution < -0.4 is 10.2 Å². The lowest BCUT2D eigenvalue weighted by molar-refractivity contribution is -0.145. The molecular weight excluding hydrogens is 376 g/mol. The predicted octanol–water partition coefficient (Wildman–Crippen LogP) is 1.66. The molecule has 0 atom stereocenters.